The SMILES string of the molecule is CC[C@@]1(O)C[C@H](O[C@H]2C[C@H](N(C)C)[C@H](O[C@H]3C[C@H](O)[C@H](O[C@H]4CCC(=O)[C@H](O)O4)[C@H](C)O3)[C@H](C)O2)c2c(O)c3c(c(O)c2[C@H]1O)C(=O)c1cccc(O)c1C3=O. The number of carbonyl (C=O) groups is 3. The van der Waals surface area contributed by atoms with Gasteiger partial charge in [0.2, 0.25) is 12.1 Å². The lowest BCUT2D eigenvalue weighted by atomic mass is 9.70. The van der Waals surface area contributed by atoms with Crippen molar-refractivity contribution in [3.63, 3.8) is 0 Å². The summed E-state index contributed by atoms with van der Waals surface area (Å²) < 4.78 is 36.5. The standard InChI is InChI=1S/C39H49NO16/c1-6-39(50)14-22(27-30(37(39)48)34(47)28-29(33(27)46)32(45)26-17(31(28)44)8-7-9-19(26)41)53-24-12-18(40(4)5)35(15(2)51-24)55-25-13-21(43)36(16(3)52-25)54-23-11-10-20(42)38(49)56-23/h7-9,15-16,18,21-25,35-38,41,43,46-50H,6,10-14H2,1-5H3/t15-,16-,18-,21-,22-,23+,24-,25-,35+,36+,37+,38+,39+/m0/s1. The monoisotopic (exact) mass is 787 g/mol. The summed E-state index contributed by atoms with van der Waals surface area (Å²) in [5.41, 5.74) is -4.10. The van der Waals surface area contributed by atoms with Gasteiger partial charge in [-0.15, -0.1) is 0 Å². The summed E-state index contributed by atoms with van der Waals surface area (Å²) in [6.45, 7) is 5.08. The van der Waals surface area contributed by atoms with Crippen molar-refractivity contribution in [1.82, 2.24) is 4.90 Å². The molecule has 3 aliphatic heterocycles. The molecule has 2 aromatic rings. The molecule has 3 heterocycles. The van der Waals surface area contributed by atoms with E-state index in [0.717, 1.165) is 0 Å². The Morgan fingerprint density at radius 3 is 2.07 bits per heavy atom. The van der Waals surface area contributed by atoms with Crippen LogP contribution in [0.3, 0.4) is 0 Å². The third kappa shape index (κ3) is 6.91. The Bertz CT molecular complexity index is 1870. The number of aromatic hydroxyl groups is 3. The van der Waals surface area contributed by atoms with Gasteiger partial charge in [-0.3, -0.25) is 14.4 Å². The van der Waals surface area contributed by atoms with Gasteiger partial charge in [0.1, 0.15) is 35.6 Å². The number of rotatable bonds is 8. The first-order valence-corrected chi connectivity index (χ1v) is 18.9. The van der Waals surface area contributed by atoms with E-state index >= 15 is 0 Å². The Morgan fingerprint density at radius 2 is 1.43 bits per heavy atom. The fraction of sp³-hybridized carbons (Fsp3) is 0.615. The van der Waals surface area contributed by atoms with E-state index in [1.165, 1.54) is 18.2 Å². The van der Waals surface area contributed by atoms with E-state index in [-0.39, 0.29) is 66.8 Å². The molecule has 2 aliphatic carbocycles. The number of hydrogen-bond donors (Lipinski definition) is 7. The van der Waals surface area contributed by atoms with Gasteiger partial charge in [0.05, 0.1) is 46.7 Å². The highest BCUT2D eigenvalue weighted by atomic mass is 16.8. The number of aliphatic hydroxyl groups excluding tert-OH is 3. The maximum atomic E-state index is 13.8. The molecule has 7 rings (SSSR count). The van der Waals surface area contributed by atoms with E-state index in [1.54, 1.807) is 20.8 Å². The van der Waals surface area contributed by atoms with Crippen molar-refractivity contribution in [2.45, 2.75) is 139 Å². The van der Waals surface area contributed by atoms with Crippen molar-refractivity contribution in [3.05, 3.63) is 51.6 Å². The lowest BCUT2D eigenvalue weighted by Gasteiger charge is -2.48. The number of phenolic OH excluding ortho intramolecular Hbond substituents is 3. The highest BCUT2D eigenvalue weighted by Crippen LogP contribution is 2.56. The van der Waals surface area contributed by atoms with Crippen LogP contribution in [0.1, 0.15) is 114 Å². The summed E-state index contributed by atoms with van der Waals surface area (Å²) in [4.78, 5) is 41.0. The number of ketones is 3. The third-order valence-corrected chi connectivity index (χ3v) is 11.8. The molecule has 0 saturated carbocycles. The molecular formula is C39H49NO16. The van der Waals surface area contributed by atoms with Crippen molar-refractivity contribution in [2.75, 3.05) is 14.1 Å². The van der Waals surface area contributed by atoms with Gasteiger partial charge in [-0.25, -0.2) is 0 Å². The summed E-state index contributed by atoms with van der Waals surface area (Å²) in [5.74, 6) is -4.23. The lowest BCUT2D eigenvalue weighted by Crippen LogP contribution is -2.58. The van der Waals surface area contributed by atoms with Gasteiger partial charge in [0.15, 0.2) is 30.4 Å². The van der Waals surface area contributed by atoms with Crippen molar-refractivity contribution < 1.29 is 78.6 Å². The van der Waals surface area contributed by atoms with E-state index in [0.29, 0.717) is 0 Å². The largest absolute Gasteiger partial charge is 0.507 e. The first-order chi connectivity index (χ1) is 26.4. The maximum absolute atomic E-state index is 13.8. The fourth-order valence-electron chi connectivity index (χ4n) is 8.71. The molecule has 2 aromatic carbocycles. The van der Waals surface area contributed by atoms with Crippen LogP contribution in [0.15, 0.2) is 18.2 Å². The van der Waals surface area contributed by atoms with Gasteiger partial charge in [-0.1, -0.05) is 19.1 Å². The molecule has 0 radical (unpaired) electrons. The number of nitrogens with zero attached hydrogens (tertiary/aromatic N) is 1. The molecule has 0 spiro atoms. The van der Waals surface area contributed by atoms with E-state index in [1.807, 2.05) is 19.0 Å². The van der Waals surface area contributed by atoms with Gasteiger partial charge in [0.25, 0.3) is 0 Å². The summed E-state index contributed by atoms with van der Waals surface area (Å²) in [7, 11) is 3.66. The van der Waals surface area contributed by atoms with Crippen LogP contribution in [0.2, 0.25) is 0 Å². The Labute approximate surface area is 322 Å². The Morgan fingerprint density at radius 1 is 0.804 bits per heavy atom. The number of carbonyl (C=O) groups excluding carboxylic acids is 3. The first kappa shape index (κ1) is 40.6. The van der Waals surface area contributed by atoms with Gasteiger partial charge >= 0.3 is 0 Å². The first-order valence-electron chi connectivity index (χ1n) is 18.9. The fourth-order valence-corrected chi connectivity index (χ4v) is 8.71. The van der Waals surface area contributed by atoms with Gasteiger partial charge in [0, 0.05) is 54.8 Å². The van der Waals surface area contributed by atoms with Gasteiger partial charge in [-0.05, 0) is 40.4 Å². The molecule has 7 N–H and O–H groups in total. The van der Waals surface area contributed by atoms with Crippen LogP contribution in [0.5, 0.6) is 17.2 Å². The van der Waals surface area contributed by atoms with Crippen LogP contribution in [0.25, 0.3) is 0 Å². The van der Waals surface area contributed by atoms with Crippen molar-refractivity contribution >= 4 is 17.3 Å². The molecule has 17 heteroatoms. The highest BCUT2D eigenvalue weighted by Gasteiger charge is 2.52. The predicted octanol–water partition coefficient (Wildman–Crippen LogP) is 1.57. The second kappa shape index (κ2) is 15.3. The van der Waals surface area contributed by atoms with E-state index in [9.17, 15) is 50.1 Å². The van der Waals surface area contributed by atoms with E-state index < -0.39 is 119 Å². The van der Waals surface area contributed by atoms with Crippen molar-refractivity contribution in [1.29, 1.82) is 0 Å². The molecule has 3 fully saturated rings. The molecule has 56 heavy (non-hydrogen) atoms. The van der Waals surface area contributed by atoms with Crippen LogP contribution in [0, 0.1) is 0 Å². The van der Waals surface area contributed by atoms with Crippen LogP contribution in [-0.4, -0.2) is 139 Å². The van der Waals surface area contributed by atoms with Crippen LogP contribution >= 0.6 is 0 Å². The maximum Gasteiger partial charge on any atom is 0.217 e. The normalized spacial score (nSPS) is 37.3. The second-order valence-electron chi connectivity index (χ2n) is 15.6. The number of Topliss-reactive ketones (excluding diaryl/α,β-unsaturated/α-hetero) is 1. The Balaban J connectivity index is 1.12. The molecule has 306 valence electrons. The lowest BCUT2D eigenvalue weighted by molar-refractivity contribution is -0.330. The molecule has 3 saturated heterocycles. The van der Waals surface area contributed by atoms with E-state index in [2.05, 4.69) is 0 Å². The summed E-state index contributed by atoms with van der Waals surface area (Å²) in [5, 5.41) is 77.9. The molecule has 13 atom stereocenters. The minimum absolute atomic E-state index is 0.0145. The molecule has 17 nitrogen and oxygen atoms in total. The average molecular weight is 788 g/mol. The zero-order valence-corrected chi connectivity index (χ0v) is 31.7. The zero-order chi connectivity index (χ0) is 40.5. The molecular weight excluding hydrogens is 738 g/mol. The van der Waals surface area contributed by atoms with Gasteiger partial charge in [-0.2, -0.15) is 0 Å². The number of ether oxygens (including phenoxy) is 6. The van der Waals surface area contributed by atoms with Crippen molar-refractivity contribution in [3.8, 4) is 17.2 Å². The zero-order valence-electron chi connectivity index (χ0n) is 31.7. The summed E-state index contributed by atoms with van der Waals surface area (Å²) in [6.07, 6.45) is -11.0. The van der Waals surface area contributed by atoms with E-state index in [4.69, 9.17) is 28.4 Å². The number of aliphatic hydroxyl groups is 4. The number of phenols is 3. The van der Waals surface area contributed by atoms with Crippen molar-refractivity contribution in [2.24, 2.45) is 0 Å². The predicted molar refractivity (Wildman–Crippen MR) is 190 cm³/mol. The number of fused-ring (bicyclic) bond motifs is 3. The summed E-state index contributed by atoms with van der Waals surface area (Å²) in [6, 6.07) is 3.50. The molecule has 5 aliphatic rings. The second-order valence-corrected chi connectivity index (χ2v) is 15.6. The quantitative estimate of drug-likeness (QED) is 0.160. The molecule has 0 aromatic heterocycles. The van der Waals surface area contributed by atoms with Crippen LogP contribution in [0.4, 0.5) is 0 Å². The smallest absolute Gasteiger partial charge is 0.217 e. The summed E-state index contributed by atoms with van der Waals surface area (Å²) >= 11 is 0. The van der Waals surface area contributed by atoms with Crippen LogP contribution in [-0.2, 0) is 33.2 Å². The Hall–Kier alpha value is -3.59. The number of benzene rings is 2. The Kier molecular flexibility index (Phi) is 11.1. The third-order valence-electron chi connectivity index (χ3n) is 11.8. The van der Waals surface area contributed by atoms with Gasteiger partial charge < -0.3 is 69.1 Å². The average Bonchev–Trinajstić information content (AvgIpc) is 3.14. The molecule has 0 unspecified atom stereocenters. The minimum atomic E-state index is -1.89. The van der Waals surface area contributed by atoms with Crippen LogP contribution < -0.4 is 0 Å². The molecule has 0 bridgehead atoms. The minimum Gasteiger partial charge on any atom is -0.507 e. The number of likely N-dealkylation sites (N-methyl/N-ethyl adjacent to an activating group) is 1. The topological polar surface area (TPSA) is 251 Å². The highest BCUT2D eigenvalue weighted by molar-refractivity contribution is 6.31. The molecule has 0 amide bonds. The number of hydrogen-bond acceptors (Lipinski definition) is 17.